The van der Waals surface area contributed by atoms with Crippen LogP contribution in [0.2, 0.25) is 0 Å². The number of amides is 2. The van der Waals surface area contributed by atoms with E-state index in [0.29, 0.717) is 11.1 Å². The number of rotatable bonds is 4. The molecule has 0 spiro atoms. The van der Waals surface area contributed by atoms with Gasteiger partial charge in [0.2, 0.25) is 5.91 Å². The van der Waals surface area contributed by atoms with Crippen molar-refractivity contribution in [2.75, 3.05) is 0 Å². The first-order valence-corrected chi connectivity index (χ1v) is 7.20. The van der Waals surface area contributed by atoms with Crippen molar-refractivity contribution in [2.24, 2.45) is 22.2 Å². The molecule has 6 nitrogen and oxygen atoms in total. The Morgan fingerprint density at radius 2 is 1.71 bits per heavy atom. The maximum atomic E-state index is 11.9. The van der Waals surface area contributed by atoms with Gasteiger partial charge >= 0.3 is 0 Å². The van der Waals surface area contributed by atoms with E-state index in [9.17, 15) is 9.59 Å². The summed E-state index contributed by atoms with van der Waals surface area (Å²) in [7, 11) is 0. The van der Waals surface area contributed by atoms with Crippen LogP contribution < -0.4 is 17.2 Å². The van der Waals surface area contributed by atoms with Crippen LogP contribution in [0.1, 0.15) is 22.8 Å². The van der Waals surface area contributed by atoms with Gasteiger partial charge in [-0.05, 0) is 41.8 Å². The lowest BCUT2D eigenvalue weighted by atomic mass is 9.96. The molecule has 0 bridgehead atoms. The summed E-state index contributed by atoms with van der Waals surface area (Å²) in [4.78, 5) is 26.8. The Morgan fingerprint density at radius 1 is 1.00 bits per heavy atom. The van der Waals surface area contributed by atoms with Crippen LogP contribution in [-0.4, -0.2) is 17.8 Å². The molecule has 6 N–H and O–H groups in total. The van der Waals surface area contributed by atoms with Gasteiger partial charge in [-0.3, -0.25) is 9.59 Å². The highest BCUT2D eigenvalue weighted by atomic mass is 16.1. The fourth-order valence-electron chi connectivity index (χ4n) is 2.23. The number of carbonyl (C=O) groups is 2. The zero-order chi connectivity index (χ0) is 17.7. The maximum Gasteiger partial charge on any atom is 0.275 e. The topological polar surface area (TPSA) is 125 Å². The van der Waals surface area contributed by atoms with Crippen LogP contribution in [0.3, 0.4) is 0 Å². The molecular formula is C18H18N4O2. The molecule has 2 rings (SSSR count). The second kappa shape index (κ2) is 7.23. The first-order valence-electron chi connectivity index (χ1n) is 7.20. The Balaban J connectivity index is 2.48. The molecule has 122 valence electrons. The van der Waals surface area contributed by atoms with Crippen molar-refractivity contribution in [2.45, 2.75) is 6.92 Å². The summed E-state index contributed by atoms with van der Waals surface area (Å²) < 4.78 is 0. The van der Waals surface area contributed by atoms with Gasteiger partial charge in [0.25, 0.3) is 5.91 Å². The summed E-state index contributed by atoms with van der Waals surface area (Å²) in [6, 6.07) is 14.5. The molecule has 2 aromatic carbocycles. The van der Waals surface area contributed by atoms with Gasteiger partial charge in [-0.25, -0.2) is 0 Å². The summed E-state index contributed by atoms with van der Waals surface area (Å²) in [6.45, 7) is 1.63. The molecule has 0 aliphatic rings. The average molecular weight is 322 g/mol. The molecule has 2 amide bonds. The Labute approximate surface area is 139 Å². The summed E-state index contributed by atoms with van der Waals surface area (Å²) in [6.07, 6.45) is 1.70. The van der Waals surface area contributed by atoms with E-state index in [1.54, 1.807) is 31.2 Å². The lowest BCUT2D eigenvalue weighted by Gasteiger charge is -2.08. The van der Waals surface area contributed by atoms with Gasteiger partial charge in [-0.2, -0.15) is 4.99 Å². The molecule has 0 fully saturated rings. The summed E-state index contributed by atoms with van der Waals surface area (Å²) in [5, 5.41) is 0. The summed E-state index contributed by atoms with van der Waals surface area (Å²) in [5.41, 5.74) is 19.1. The molecule has 2 aromatic rings. The van der Waals surface area contributed by atoms with Crippen LogP contribution in [0.4, 0.5) is 0 Å². The molecule has 0 heterocycles. The minimum Gasteiger partial charge on any atom is -0.370 e. The molecule has 0 saturated carbocycles. The number of aliphatic imine (C=N–C) groups is 1. The van der Waals surface area contributed by atoms with Crippen molar-refractivity contribution in [3.05, 3.63) is 65.2 Å². The molecule has 0 saturated heterocycles. The molecule has 0 unspecified atom stereocenters. The normalized spacial score (nSPS) is 11.0. The van der Waals surface area contributed by atoms with Crippen molar-refractivity contribution in [3.8, 4) is 11.1 Å². The maximum absolute atomic E-state index is 11.9. The third kappa shape index (κ3) is 4.07. The number of nitrogens with zero attached hydrogens (tertiary/aromatic N) is 1. The monoisotopic (exact) mass is 322 g/mol. The first kappa shape index (κ1) is 17.0. The molecule has 0 atom stereocenters. The van der Waals surface area contributed by atoms with Crippen molar-refractivity contribution in [1.29, 1.82) is 0 Å². The SMILES string of the molecule is CC(=Cc1ccccc1-c1cccc(C(N)=O)c1)C(=O)N=C(N)N. The van der Waals surface area contributed by atoms with Crippen molar-refractivity contribution < 1.29 is 9.59 Å². The Hall–Kier alpha value is -3.41. The van der Waals surface area contributed by atoms with Gasteiger partial charge in [0.1, 0.15) is 0 Å². The highest BCUT2D eigenvalue weighted by Crippen LogP contribution is 2.26. The fourth-order valence-corrected chi connectivity index (χ4v) is 2.23. The standard InChI is InChI=1S/C18H18N4O2/c1-11(17(24)22-18(20)21)9-12-5-2-3-8-15(12)13-6-4-7-14(10-13)16(19)23/h2-10H,1H3,(H2,19,23)(H4,20,21,22,24). The van der Waals surface area contributed by atoms with E-state index in [1.807, 2.05) is 30.3 Å². The largest absolute Gasteiger partial charge is 0.370 e. The molecule has 6 heteroatoms. The van der Waals surface area contributed by atoms with E-state index in [2.05, 4.69) is 4.99 Å². The van der Waals surface area contributed by atoms with Crippen LogP contribution in [0.5, 0.6) is 0 Å². The Kier molecular flexibility index (Phi) is 5.11. The van der Waals surface area contributed by atoms with Crippen LogP contribution in [0.25, 0.3) is 17.2 Å². The minimum absolute atomic E-state index is 0.282. The van der Waals surface area contributed by atoms with E-state index in [4.69, 9.17) is 17.2 Å². The third-order valence-electron chi connectivity index (χ3n) is 3.36. The number of primary amides is 1. The summed E-state index contributed by atoms with van der Waals surface area (Å²) in [5.74, 6) is -1.28. The van der Waals surface area contributed by atoms with Crippen molar-refractivity contribution >= 4 is 23.8 Å². The van der Waals surface area contributed by atoms with Crippen LogP contribution in [-0.2, 0) is 4.79 Å². The van der Waals surface area contributed by atoms with Crippen LogP contribution >= 0.6 is 0 Å². The average Bonchev–Trinajstić information content (AvgIpc) is 2.54. The molecule has 0 aromatic heterocycles. The zero-order valence-electron chi connectivity index (χ0n) is 13.2. The van der Waals surface area contributed by atoms with Gasteiger partial charge < -0.3 is 17.2 Å². The fraction of sp³-hybridized carbons (Fsp3) is 0.0556. The second-order valence-electron chi connectivity index (χ2n) is 5.20. The van der Waals surface area contributed by atoms with Crippen molar-refractivity contribution in [3.63, 3.8) is 0 Å². The number of carbonyl (C=O) groups excluding carboxylic acids is 2. The summed E-state index contributed by atoms with van der Waals surface area (Å²) >= 11 is 0. The number of guanidine groups is 1. The number of benzene rings is 2. The minimum atomic E-state index is -0.504. The van der Waals surface area contributed by atoms with Crippen molar-refractivity contribution in [1.82, 2.24) is 0 Å². The lowest BCUT2D eigenvalue weighted by Crippen LogP contribution is -2.24. The van der Waals surface area contributed by atoms with E-state index in [1.165, 1.54) is 0 Å². The van der Waals surface area contributed by atoms with E-state index >= 15 is 0 Å². The molecule has 0 radical (unpaired) electrons. The number of hydrogen-bond acceptors (Lipinski definition) is 2. The van der Waals surface area contributed by atoms with Gasteiger partial charge in [0, 0.05) is 11.1 Å². The van der Waals surface area contributed by atoms with E-state index < -0.39 is 11.8 Å². The second-order valence-corrected chi connectivity index (χ2v) is 5.20. The zero-order valence-corrected chi connectivity index (χ0v) is 13.2. The van der Waals surface area contributed by atoms with Gasteiger partial charge in [-0.1, -0.05) is 36.4 Å². The lowest BCUT2D eigenvalue weighted by molar-refractivity contribution is -0.114. The first-order chi connectivity index (χ1) is 11.4. The van der Waals surface area contributed by atoms with E-state index in [0.717, 1.165) is 16.7 Å². The Morgan fingerprint density at radius 3 is 2.38 bits per heavy atom. The van der Waals surface area contributed by atoms with Crippen LogP contribution in [0, 0.1) is 0 Å². The number of hydrogen-bond donors (Lipinski definition) is 3. The van der Waals surface area contributed by atoms with E-state index in [-0.39, 0.29) is 5.96 Å². The highest BCUT2D eigenvalue weighted by Gasteiger charge is 2.08. The quantitative estimate of drug-likeness (QED) is 0.449. The molecule has 0 aliphatic heterocycles. The smallest absolute Gasteiger partial charge is 0.275 e. The van der Waals surface area contributed by atoms with Gasteiger partial charge in [0.05, 0.1) is 0 Å². The Bertz CT molecular complexity index is 850. The van der Waals surface area contributed by atoms with Gasteiger partial charge in [-0.15, -0.1) is 0 Å². The van der Waals surface area contributed by atoms with Crippen LogP contribution in [0.15, 0.2) is 59.1 Å². The predicted octanol–water partition coefficient (Wildman–Crippen LogP) is 1.66. The molecule has 0 aliphatic carbocycles. The third-order valence-corrected chi connectivity index (χ3v) is 3.36. The van der Waals surface area contributed by atoms with Gasteiger partial charge in [0.15, 0.2) is 5.96 Å². The highest BCUT2D eigenvalue weighted by molar-refractivity contribution is 6.04. The predicted molar refractivity (Wildman–Crippen MR) is 94.9 cm³/mol. The number of nitrogens with two attached hydrogens (primary N) is 3. The molecular weight excluding hydrogens is 304 g/mol. The molecule has 24 heavy (non-hydrogen) atoms.